The van der Waals surface area contributed by atoms with E-state index in [1.54, 1.807) is 0 Å². The van der Waals surface area contributed by atoms with E-state index in [9.17, 15) is 0 Å². The van der Waals surface area contributed by atoms with Crippen molar-refractivity contribution in [1.82, 2.24) is 4.90 Å². The standard InChI is InChI=1S/C14H28N2/c1-10-4-5-14(15)13(6-10)9-16(3)8-12-7-11(12)2/h10-14H,4-9,15H2,1-3H3. The summed E-state index contributed by atoms with van der Waals surface area (Å²) in [7, 11) is 2.27. The molecule has 2 rings (SSSR count). The van der Waals surface area contributed by atoms with Gasteiger partial charge in [-0.15, -0.1) is 0 Å². The van der Waals surface area contributed by atoms with Crippen molar-refractivity contribution in [3.8, 4) is 0 Å². The molecule has 94 valence electrons. The SMILES string of the molecule is CC1CCC(N)C(CN(C)CC2CC2C)C1. The first-order chi connectivity index (χ1) is 7.56. The fourth-order valence-corrected chi connectivity index (χ4v) is 3.26. The predicted molar refractivity (Wildman–Crippen MR) is 69.2 cm³/mol. The van der Waals surface area contributed by atoms with Crippen LogP contribution in [0.5, 0.6) is 0 Å². The van der Waals surface area contributed by atoms with Crippen LogP contribution in [0.3, 0.4) is 0 Å². The molecule has 0 spiro atoms. The maximum atomic E-state index is 6.24. The summed E-state index contributed by atoms with van der Waals surface area (Å²) in [6, 6.07) is 0.454. The second kappa shape index (κ2) is 5.05. The highest BCUT2D eigenvalue weighted by Gasteiger charge is 2.34. The summed E-state index contributed by atoms with van der Waals surface area (Å²) in [5.74, 6) is 3.57. The molecule has 0 aromatic heterocycles. The van der Waals surface area contributed by atoms with Gasteiger partial charge in [-0.05, 0) is 56.4 Å². The van der Waals surface area contributed by atoms with Crippen LogP contribution in [0.4, 0.5) is 0 Å². The van der Waals surface area contributed by atoms with Crippen LogP contribution < -0.4 is 5.73 Å². The second-order valence-corrected chi connectivity index (χ2v) is 6.54. The van der Waals surface area contributed by atoms with Gasteiger partial charge in [0.2, 0.25) is 0 Å². The van der Waals surface area contributed by atoms with Gasteiger partial charge in [0.25, 0.3) is 0 Å². The van der Waals surface area contributed by atoms with Crippen LogP contribution in [0.2, 0.25) is 0 Å². The van der Waals surface area contributed by atoms with Crippen LogP contribution in [0.1, 0.15) is 39.5 Å². The number of rotatable bonds is 4. The lowest BCUT2D eigenvalue weighted by atomic mass is 9.79. The van der Waals surface area contributed by atoms with E-state index in [0.29, 0.717) is 6.04 Å². The smallest absolute Gasteiger partial charge is 0.00795 e. The Hall–Kier alpha value is -0.0800. The first-order valence-electron chi connectivity index (χ1n) is 7.00. The van der Waals surface area contributed by atoms with Crippen molar-refractivity contribution in [3.05, 3.63) is 0 Å². The molecule has 0 heterocycles. The van der Waals surface area contributed by atoms with Crippen molar-refractivity contribution in [1.29, 1.82) is 0 Å². The van der Waals surface area contributed by atoms with Gasteiger partial charge in [0.15, 0.2) is 0 Å². The van der Waals surface area contributed by atoms with Crippen LogP contribution >= 0.6 is 0 Å². The van der Waals surface area contributed by atoms with Gasteiger partial charge in [-0.3, -0.25) is 0 Å². The summed E-state index contributed by atoms with van der Waals surface area (Å²) in [6.07, 6.45) is 5.35. The topological polar surface area (TPSA) is 29.3 Å². The van der Waals surface area contributed by atoms with Gasteiger partial charge in [-0.25, -0.2) is 0 Å². The van der Waals surface area contributed by atoms with Gasteiger partial charge >= 0.3 is 0 Å². The average molecular weight is 224 g/mol. The number of hydrogen-bond acceptors (Lipinski definition) is 2. The van der Waals surface area contributed by atoms with E-state index in [1.165, 1.54) is 38.8 Å². The van der Waals surface area contributed by atoms with E-state index in [2.05, 4.69) is 25.8 Å². The predicted octanol–water partition coefficient (Wildman–Crippen LogP) is 2.34. The lowest BCUT2D eigenvalue weighted by Crippen LogP contribution is -2.42. The molecule has 2 nitrogen and oxygen atoms in total. The van der Waals surface area contributed by atoms with Crippen LogP contribution in [0.15, 0.2) is 0 Å². The molecule has 0 saturated heterocycles. The zero-order chi connectivity index (χ0) is 11.7. The van der Waals surface area contributed by atoms with Crippen LogP contribution in [-0.4, -0.2) is 31.1 Å². The van der Waals surface area contributed by atoms with E-state index in [-0.39, 0.29) is 0 Å². The average Bonchev–Trinajstić information content (AvgIpc) is 2.88. The normalized spacial score (nSPS) is 43.7. The molecule has 5 atom stereocenters. The molecule has 2 aliphatic rings. The third-order valence-electron chi connectivity index (χ3n) is 4.67. The fraction of sp³-hybridized carbons (Fsp3) is 1.00. The van der Waals surface area contributed by atoms with E-state index >= 15 is 0 Å². The van der Waals surface area contributed by atoms with Crippen LogP contribution in [-0.2, 0) is 0 Å². The van der Waals surface area contributed by atoms with Gasteiger partial charge in [0.1, 0.15) is 0 Å². The Kier molecular flexibility index (Phi) is 3.91. The molecule has 2 saturated carbocycles. The summed E-state index contributed by atoms with van der Waals surface area (Å²) in [6.45, 7) is 7.25. The highest BCUT2D eigenvalue weighted by molar-refractivity contribution is 4.87. The van der Waals surface area contributed by atoms with Crippen molar-refractivity contribution in [3.63, 3.8) is 0 Å². The molecule has 2 aliphatic carbocycles. The van der Waals surface area contributed by atoms with E-state index < -0.39 is 0 Å². The zero-order valence-electron chi connectivity index (χ0n) is 11.2. The largest absolute Gasteiger partial charge is 0.327 e. The molecule has 2 heteroatoms. The molecule has 0 radical (unpaired) electrons. The van der Waals surface area contributed by atoms with Gasteiger partial charge in [0, 0.05) is 19.1 Å². The summed E-state index contributed by atoms with van der Waals surface area (Å²) in [5, 5.41) is 0. The maximum absolute atomic E-state index is 6.24. The minimum Gasteiger partial charge on any atom is -0.327 e. The highest BCUT2D eigenvalue weighted by Crippen LogP contribution is 2.38. The fourth-order valence-electron chi connectivity index (χ4n) is 3.26. The molecule has 16 heavy (non-hydrogen) atoms. The zero-order valence-corrected chi connectivity index (χ0v) is 11.2. The summed E-state index contributed by atoms with van der Waals surface area (Å²) >= 11 is 0. The Bertz CT molecular complexity index is 229. The maximum Gasteiger partial charge on any atom is 0.00795 e. The summed E-state index contributed by atoms with van der Waals surface area (Å²) in [4.78, 5) is 2.52. The Morgan fingerprint density at radius 3 is 2.31 bits per heavy atom. The summed E-state index contributed by atoms with van der Waals surface area (Å²) in [5.41, 5.74) is 6.24. The van der Waals surface area contributed by atoms with E-state index in [0.717, 1.165) is 23.7 Å². The molecule has 5 unspecified atom stereocenters. The highest BCUT2D eigenvalue weighted by atomic mass is 15.1. The Morgan fingerprint density at radius 1 is 1.06 bits per heavy atom. The van der Waals surface area contributed by atoms with Crippen molar-refractivity contribution in [2.75, 3.05) is 20.1 Å². The second-order valence-electron chi connectivity index (χ2n) is 6.54. The monoisotopic (exact) mass is 224 g/mol. The lowest BCUT2D eigenvalue weighted by Gasteiger charge is -2.35. The molecule has 2 N–H and O–H groups in total. The third-order valence-corrected chi connectivity index (χ3v) is 4.67. The minimum atomic E-state index is 0.454. The van der Waals surface area contributed by atoms with Crippen molar-refractivity contribution in [2.24, 2.45) is 29.4 Å². The number of hydrogen-bond donors (Lipinski definition) is 1. The minimum absolute atomic E-state index is 0.454. The number of nitrogens with two attached hydrogens (primary N) is 1. The van der Waals surface area contributed by atoms with Gasteiger partial charge in [-0.2, -0.15) is 0 Å². The molecule has 2 fully saturated rings. The lowest BCUT2D eigenvalue weighted by molar-refractivity contribution is 0.176. The molecular formula is C14H28N2. The molecule has 0 bridgehead atoms. The van der Waals surface area contributed by atoms with Gasteiger partial charge in [-0.1, -0.05) is 13.8 Å². The van der Waals surface area contributed by atoms with Gasteiger partial charge in [0.05, 0.1) is 0 Å². The van der Waals surface area contributed by atoms with Crippen molar-refractivity contribution >= 4 is 0 Å². The van der Waals surface area contributed by atoms with Crippen LogP contribution in [0.25, 0.3) is 0 Å². The van der Waals surface area contributed by atoms with E-state index in [1.807, 2.05) is 0 Å². The van der Waals surface area contributed by atoms with Crippen molar-refractivity contribution < 1.29 is 0 Å². The first kappa shape index (κ1) is 12.4. The Morgan fingerprint density at radius 2 is 1.69 bits per heavy atom. The quantitative estimate of drug-likeness (QED) is 0.794. The van der Waals surface area contributed by atoms with Crippen LogP contribution in [0, 0.1) is 23.7 Å². The molecular weight excluding hydrogens is 196 g/mol. The van der Waals surface area contributed by atoms with Crippen molar-refractivity contribution in [2.45, 2.75) is 45.6 Å². The molecule has 0 aromatic carbocycles. The van der Waals surface area contributed by atoms with Gasteiger partial charge < -0.3 is 10.6 Å². The molecule has 0 aliphatic heterocycles. The first-order valence-corrected chi connectivity index (χ1v) is 7.00. The summed E-state index contributed by atoms with van der Waals surface area (Å²) < 4.78 is 0. The molecule has 0 aromatic rings. The molecule has 0 amide bonds. The third kappa shape index (κ3) is 3.21. The Balaban J connectivity index is 1.74. The Labute approximate surface area is 101 Å². The number of nitrogens with zero attached hydrogens (tertiary/aromatic N) is 1. The van der Waals surface area contributed by atoms with E-state index in [4.69, 9.17) is 5.73 Å².